The average Bonchev–Trinajstić information content (AvgIpc) is 3.31. The number of nitrogens with two attached hydrogens (primary N) is 2. The molecule has 0 bridgehead atoms. The van der Waals surface area contributed by atoms with Crippen LogP contribution in [0.5, 0.6) is 0 Å². The van der Waals surface area contributed by atoms with Crippen molar-refractivity contribution in [1.29, 1.82) is 0 Å². The first-order chi connectivity index (χ1) is 33.3. The zero-order chi connectivity index (χ0) is 55.2. The molecule has 1 rings (SSSR count). The maximum absolute atomic E-state index is 11.9. The first-order valence-electron chi connectivity index (χ1n) is 23.0. The number of rotatable bonds is 31. The van der Waals surface area contributed by atoms with E-state index in [2.05, 4.69) is 63.4 Å². The van der Waals surface area contributed by atoms with Crippen molar-refractivity contribution in [1.82, 2.24) is 37.0 Å². The van der Waals surface area contributed by atoms with Crippen LogP contribution in [0.25, 0.3) is 0 Å². The Morgan fingerprint density at radius 3 is 1.42 bits per heavy atom. The highest BCUT2D eigenvalue weighted by atomic mass is 35.5. The van der Waals surface area contributed by atoms with Crippen LogP contribution >= 0.6 is 35.8 Å². The van der Waals surface area contributed by atoms with Gasteiger partial charge in [-0.3, -0.25) is 43.2 Å². The van der Waals surface area contributed by atoms with Crippen molar-refractivity contribution in [3.63, 3.8) is 0 Å². The van der Waals surface area contributed by atoms with E-state index >= 15 is 0 Å². The molecular weight excluding hydrogens is 991 g/mol. The zero-order valence-corrected chi connectivity index (χ0v) is 45.4. The van der Waals surface area contributed by atoms with Crippen LogP contribution in [-0.4, -0.2) is 140 Å². The molecule has 20 nitrogen and oxygen atoms in total. The molecule has 25 heteroatoms. The normalized spacial score (nSPS) is 9.43. The van der Waals surface area contributed by atoms with Gasteiger partial charge in [0.1, 0.15) is 0 Å². The van der Waals surface area contributed by atoms with Gasteiger partial charge in [0.2, 0.25) is 39.9 Å². The van der Waals surface area contributed by atoms with Gasteiger partial charge in [-0.25, -0.2) is 0 Å². The van der Waals surface area contributed by atoms with Crippen LogP contribution in [0.3, 0.4) is 0 Å². The largest absolute Gasteiger partial charge is 0.437 e. The topological polar surface area (TPSA) is 330 Å². The van der Waals surface area contributed by atoms with E-state index in [4.69, 9.17) is 33.1 Å². The summed E-state index contributed by atoms with van der Waals surface area (Å²) >= 11 is 5.70. The van der Waals surface area contributed by atoms with Gasteiger partial charge in [-0.2, -0.15) is 0 Å². The van der Waals surface area contributed by atoms with E-state index < -0.39 is 37.1 Å². The van der Waals surface area contributed by atoms with Crippen molar-refractivity contribution in [2.24, 2.45) is 11.5 Å². The number of hydrogen-bond donors (Lipinski definition) is 11. The highest BCUT2D eigenvalue weighted by Crippen LogP contribution is 2.11. The van der Waals surface area contributed by atoms with Crippen molar-refractivity contribution in [3.8, 4) is 0 Å². The first kappa shape index (κ1) is 76.0. The molecule has 0 fully saturated rings. The standard InChI is InChI=1S/C24H31N3O6S.C8H17BN2O2.C7H14N2O.C4H13BN2O.C4H5ClO.ClH/c1-17(2)20(29)12-8-4-7-11-19(28)13-25-21(30)14-26-22(31)15-27-23(32)16-34-24(33)18-9-5-3-6-10-18;1-7(2)8(12)10-5-4-6-11-9(3)13;1-6(2)7(10)9-5-3-4-8;1-5(8)7-4-2-3-6;1-3(2)4(5)6;/h3,5-6,9-10H,1,4,7-8,11-16H2,2H3,(H,25,30)(H,26,31)(H,27,32);11,13H,1,4-6H2,2-3H3,(H,10,12);1,3-5,8H2,2H3,(H,9,10);7-8H,2-4,6H2,1H3;1H2,2H3;1H. The van der Waals surface area contributed by atoms with E-state index in [0.717, 1.165) is 44.0 Å². The van der Waals surface area contributed by atoms with E-state index in [0.29, 0.717) is 86.3 Å². The van der Waals surface area contributed by atoms with Gasteiger partial charge in [0.25, 0.3) is 0 Å². The Hall–Kier alpha value is -4.97. The third kappa shape index (κ3) is 56.0. The Kier molecular flexibility index (Phi) is 53.7. The number of carbonyl (C=O) groups is 9. The molecule has 0 aromatic heterocycles. The van der Waals surface area contributed by atoms with Crippen molar-refractivity contribution < 1.29 is 53.2 Å². The van der Waals surface area contributed by atoms with E-state index in [1.807, 2.05) is 0 Å². The summed E-state index contributed by atoms with van der Waals surface area (Å²) < 4.78 is 0. The zero-order valence-electron chi connectivity index (χ0n) is 43.0. The summed E-state index contributed by atoms with van der Waals surface area (Å²) in [5.74, 6) is -2.03. The molecule has 5 amide bonds. The molecule has 0 saturated carbocycles. The molecule has 0 unspecified atom stereocenters. The molecule has 1 aromatic rings. The minimum absolute atomic E-state index is 0. The number of carbonyl (C=O) groups excluding carboxylic acids is 9. The first-order valence-corrected chi connectivity index (χ1v) is 24.4. The second-order valence-corrected chi connectivity index (χ2v) is 16.9. The second kappa shape index (κ2) is 51.0. The van der Waals surface area contributed by atoms with E-state index in [9.17, 15) is 43.2 Å². The number of amides is 5. The van der Waals surface area contributed by atoms with Gasteiger partial charge in [-0.15, -0.1) is 12.4 Å². The Morgan fingerprint density at radius 1 is 0.569 bits per heavy atom. The van der Waals surface area contributed by atoms with Crippen molar-refractivity contribution in [3.05, 3.63) is 84.5 Å². The van der Waals surface area contributed by atoms with Crippen molar-refractivity contribution in [2.75, 3.05) is 64.7 Å². The van der Waals surface area contributed by atoms with Crippen LogP contribution in [-0.2, 0) is 38.4 Å². The fraction of sp³-hybridized carbons (Fsp3) is 0.511. The number of hydrogen-bond acceptors (Lipinski definition) is 16. The number of benzene rings is 1. The molecule has 0 saturated heterocycles. The molecule has 0 radical (unpaired) electrons. The van der Waals surface area contributed by atoms with Gasteiger partial charge >= 0.3 is 14.1 Å². The Balaban J connectivity index is -0.000000319. The van der Waals surface area contributed by atoms with E-state index in [1.165, 1.54) is 0 Å². The lowest BCUT2D eigenvalue weighted by Crippen LogP contribution is -2.43. The Morgan fingerprint density at radius 2 is 0.986 bits per heavy atom. The molecule has 0 aliphatic carbocycles. The number of Topliss-reactive ketones (excluding diaryl/α,β-unsaturated/α-hetero) is 2. The molecule has 13 N–H and O–H groups in total. The quantitative estimate of drug-likeness (QED) is 0.0220. The molecule has 72 heavy (non-hydrogen) atoms. The van der Waals surface area contributed by atoms with Crippen LogP contribution in [0, 0.1) is 0 Å². The van der Waals surface area contributed by atoms with E-state index in [1.54, 1.807) is 71.7 Å². The third-order valence-electron chi connectivity index (χ3n) is 8.23. The van der Waals surface area contributed by atoms with E-state index in [-0.39, 0.29) is 66.3 Å². The van der Waals surface area contributed by atoms with Crippen LogP contribution in [0.2, 0.25) is 13.6 Å². The molecule has 0 heterocycles. The van der Waals surface area contributed by atoms with Crippen LogP contribution < -0.4 is 48.5 Å². The van der Waals surface area contributed by atoms with Gasteiger partial charge in [0, 0.05) is 48.2 Å². The summed E-state index contributed by atoms with van der Waals surface area (Å²) in [6.07, 6.45) is 5.31. The average molecular weight is 1070 g/mol. The summed E-state index contributed by atoms with van der Waals surface area (Å²) in [5, 5.41) is 34.9. The molecule has 0 aliphatic heterocycles. The number of allylic oxidation sites excluding steroid dienone is 2. The lowest BCUT2D eigenvalue weighted by atomic mass is 9.89. The monoisotopic (exact) mass is 1070 g/mol. The van der Waals surface area contributed by atoms with Crippen LogP contribution in [0.1, 0.15) is 89.4 Å². The maximum atomic E-state index is 11.9. The summed E-state index contributed by atoms with van der Waals surface area (Å²) in [6, 6.07) is 8.53. The maximum Gasteiger partial charge on any atom is 0.373 e. The molecule has 0 aliphatic rings. The number of halogens is 2. The number of nitrogens with one attached hydrogen (secondary N) is 7. The van der Waals surface area contributed by atoms with Crippen LogP contribution in [0.15, 0.2) is 78.9 Å². The molecule has 406 valence electrons. The summed E-state index contributed by atoms with van der Waals surface area (Å²) in [6.45, 7) is 27.0. The third-order valence-corrected chi connectivity index (χ3v) is 9.46. The number of thioether (sulfide) groups is 1. The van der Waals surface area contributed by atoms with Gasteiger partial charge in [0.05, 0.1) is 25.4 Å². The highest BCUT2D eigenvalue weighted by molar-refractivity contribution is 8.14. The molecule has 1 aromatic carbocycles. The summed E-state index contributed by atoms with van der Waals surface area (Å²) in [7, 11) is -0.890. The predicted octanol–water partition coefficient (Wildman–Crippen LogP) is 2.15. The highest BCUT2D eigenvalue weighted by Gasteiger charge is 2.12. The molecule has 0 atom stereocenters. The smallest absolute Gasteiger partial charge is 0.373 e. The van der Waals surface area contributed by atoms with Crippen molar-refractivity contribution >= 4 is 101 Å². The summed E-state index contributed by atoms with van der Waals surface area (Å²) in [5.41, 5.74) is 12.9. The van der Waals surface area contributed by atoms with Crippen LogP contribution in [0.4, 0.5) is 0 Å². The fourth-order valence-corrected chi connectivity index (χ4v) is 4.89. The van der Waals surface area contributed by atoms with Gasteiger partial charge < -0.3 is 58.6 Å². The Labute approximate surface area is 443 Å². The number of ketones is 2. The predicted molar refractivity (Wildman–Crippen MR) is 294 cm³/mol. The van der Waals surface area contributed by atoms with Crippen molar-refractivity contribution in [2.45, 2.75) is 92.7 Å². The SMILES string of the molecule is C=C(C)C(=O)CCCCCC(=O)CNC(=O)CNC(=O)CNC(=O)CSC(=O)c1ccccc1.C=C(C)C(=O)Cl.C=C(C)C(=O)NCCCN.C=C(C)C(=O)NCCCNB(C)O.CB(O)NCCCN.Cl. The lowest BCUT2D eigenvalue weighted by molar-refractivity contribution is -0.128. The molecule has 0 spiro atoms. The second-order valence-electron chi connectivity index (χ2n) is 15.6. The minimum atomic E-state index is -0.571. The lowest BCUT2D eigenvalue weighted by Gasteiger charge is -2.08. The van der Waals surface area contributed by atoms with Gasteiger partial charge in [-0.1, -0.05) is 74.8 Å². The fourth-order valence-electron chi connectivity index (χ4n) is 4.23. The Bertz CT molecular complexity index is 1820. The molecular formula is C47H81B2Cl2N9O11S. The number of unbranched alkanes of at least 4 members (excludes halogenated alkanes) is 2. The van der Waals surface area contributed by atoms with Gasteiger partial charge in [0.15, 0.2) is 11.6 Å². The summed E-state index contributed by atoms with van der Waals surface area (Å²) in [4.78, 5) is 102. The minimum Gasteiger partial charge on any atom is -0.437 e. The van der Waals surface area contributed by atoms with Gasteiger partial charge in [-0.05, 0) is 117 Å².